The van der Waals surface area contributed by atoms with Gasteiger partial charge in [0.15, 0.2) is 0 Å². The number of nitrogens with one attached hydrogen (secondary N) is 1. The molecule has 0 spiro atoms. The molecule has 0 fully saturated rings. The fourth-order valence-electron chi connectivity index (χ4n) is 2.63. The Bertz CT molecular complexity index is 898. The minimum Gasteiger partial charge on any atom is -0.492 e. The number of rotatable bonds is 10. The van der Waals surface area contributed by atoms with E-state index in [1.807, 2.05) is 43.3 Å². The summed E-state index contributed by atoms with van der Waals surface area (Å²) in [5.41, 5.74) is 2.10. The van der Waals surface area contributed by atoms with Crippen LogP contribution in [0.5, 0.6) is 5.75 Å². The van der Waals surface area contributed by atoms with Gasteiger partial charge in [-0.15, -0.1) is 17.5 Å². The second-order valence-corrected chi connectivity index (χ2v) is 8.73. The highest BCUT2D eigenvalue weighted by atomic mass is 79.9. The summed E-state index contributed by atoms with van der Waals surface area (Å²) >= 11 is 8.77. The second-order valence-electron chi connectivity index (χ2n) is 5.90. The molecule has 3 rings (SSSR count). The van der Waals surface area contributed by atoms with Gasteiger partial charge in [0.2, 0.25) is 5.16 Å². The molecule has 1 N–H and O–H groups in total. The Balaban J connectivity index is 0.00000300. The molecule has 0 bridgehead atoms. The number of halogens is 3. The summed E-state index contributed by atoms with van der Waals surface area (Å²) < 4.78 is 9.53. The molecule has 10 heteroatoms. The van der Waals surface area contributed by atoms with Crippen LogP contribution < -0.4 is 10.1 Å². The lowest BCUT2D eigenvalue weighted by Crippen LogP contribution is -2.16. The third-order valence-electron chi connectivity index (χ3n) is 3.86. The Morgan fingerprint density at radius 2 is 1.97 bits per heavy atom. The van der Waals surface area contributed by atoms with Gasteiger partial charge in [-0.05, 0) is 70.5 Å². The SMILES string of the molecule is CCOc1c(Br)cc(Br)cc1CNCCCSc1nnnn1-c1ccccc1.Cl. The molecule has 156 valence electrons. The largest absolute Gasteiger partial charge is 0.492 e. The van der Waals surface area contributed by atoms with Gasteiger partial charge in [-0.2, -0.15) is 4.68 Å². The second kappa shape index (κ2) is 12.5. The van der Waals surface area contributed by atoms with Crippen LogP contribution in [0.1, 0.15) is 18.9 Å². The number of ether oxygens (including phenoxy) is 1. The standard InChI is InChI=1S/C19H21Br2N5OS.ClH/c1-2-27-18-14(11-15(20)12-17(18)21)13-22-9-6-10-28-19-23-24-25-26(19)16-7-4-3-5-8-16;/h3-5,7-8,11-12,22H,2,6,9-10,13H2,1H3;1H. The fraction of sp³-hybridized carbons (Fsp3) is 0.316. The van der Waals surface area contributed by atoms with Crippen LogP contribution in [0.3, 0.4) is 0 Å². The molecule has 0 atom stereocenters. The van der Waals surface area contributed by atoms with Crippen LogP contribution in [0.2, 0.25) is 0 Å². The number of hydrogen-bond acceptors (Lipinski definition) is 6. The van der Waals surface area contributed by atoms with Crippen LogP contribution in [0.25, 0.3) is 5.69 Å². The Kier molecular flexibility index (Phi) is 10.4. The van der Waals surface area contributed by atoms with Crippen molar-refractivity contribution in [1.29, 1.82) is 0 Å². The zero-order valence-electron chi connectivity index (χ0n) is 15.8. The summed E-state index contributed by atoms with van der Waals surface area (Å²) in [7, 11) is 0. The topological polar surface area (TPSA) is 64.9 Å². The van der Waals surface area contributed by atoms with E-state index in [9.17, 15) is 0 Å². The van der Waals surface area contributed by atoms with E-state index >= 15 is 0 Å². The maximum absolute atomic E-state index is 5.77. The van der Waals surface area contributed by atoms with E-state index in [1.165, 1.54) is 0 Å². The molecule has 1 aromatic heterocycles. The summed E-state index contributed by atoms with van der Waals surface area (Å²) in [6.45, 7) is 4.28. The molecule has 0 aliphatic rings. The van der Waals surface area contributed by atoms with Crippen molar-refractivity contribution in [1.82, 2.24) is 25.5 Å². The Labute approximate surface area is 197 Å². The van der Waals surface area contributed by atoms with Gasteiger partial charge < -0.3 is 10.1 Å². The molecule has 2 aromatic carbocycles. The molecule has 3 aromatic rings. The molecule has 0 aliphatic heterocycles. The maximum Gasteiger partial charge on any atom is 0.214 e. The van der Waals surface area contributed by atoms with Gasteiger partial charge in [-0.1, -0.05) is 45.9 Å². The molecular formula is C19H22Br2ClN5OS. The molecule has 0 saturated carbocycles. The van der Waals surface area contributed by atoms with E-state index in [-0.39, 0.29) is 12.4 Å². The van der Waals surface area contributed by atoms with Gasteiger partial charge >= 0.3 is 0 Å². The van der Waals surface area contributed by atoms with Crippen molar-refractivity contribution < 1.29 is 4.74 Å². The first-order valence-electron chi connectivity index (χ1n) is 8.97. The van der Waals surface area contributed by atoms with Crippen molar-refractivity contribution >= 4 is 56.0 Å². The van der Waals surface area contributed by atoms with Crippen molar-refractivity contribution in [2.45, 2.75) is 25.0 Å². The van der Waals surface area contributed by atoms with Gasteiger partial charge in [0.25, 0.3) is 0 Å². The van der Waals surface area contributed by atoms with Crippen molar-refractivity contribution in [3.63, 3.8) is 0 Å². The number of nitrogens with zero attached hydrogens (tertiary/aromatic N) is 4. The zero-order chi connectivity index (χ0) is 19.8. The first-order chi connectivity index (χ1) is 13.7. The third kappa shape index (κ3) is 6.96. The van der Waals surface area contributed by atoms with E-state index < -0.39 is 0 Å². The van der Waals surface area contributed by atoms with Crippen molar-refractivity contribution in [2.24, 2.45) is 0 Å². The van der Waals surface area contributed by atoms with Gasteiger partial charge in [-0.3, -0.25) is 0 Å². The highest BCUT2D eigenvalue weighted by Gasteiger charge is 2.10. The summed E-state index contributed by atoms with van der Waals surface area (Å²) in [6.07, 6.45) is 1.01. The quantitative estimate of drug-likeness (QED) is 0.268. The van der Waals surface area contributed by atoms with Crippen molar-refractivity contribution in [3.8, 4) is 11.4 Å². The van der Waals surface area contributed by atoms with Gasteiger partial charge in [0.1, 0.15) is 5.75 Å². The summed E-state index contributed by atoms with van der Waals surface area (Å²) in [5, 5.41) is 16.3. The molecule has 29 heavy (non-hydrogen) atoms. The zero-order valence-corrected chi connectivity index (χ0v) is 20.7. The van der Waals surface area contributed by atoms with Crippen LogP contribution in [-0.2, 0) is 6.54 Å². The molecular weight excluding hydrogens is 542 g/mol. The molecule has 6 nitrogen and oxygen atoms in total. The number of hydrogen-bond donors (Lipinski definition) is 1. The number of aromatic nitrogens is 4. The lowest BCUT2D eigenvalue weighted by atomic mass is 10.2. The molecule has 1 heterocycles. The van der Waals surface area contributed by atoms with Crippen LogP contribution in [-0.4, -0.2) is 39.1 Å². The Hall–Kier alpha value is -1.13. The van der Waals surface area contributed by atoms with E-state index in [0.717, 1.165) is 56.4 Å². The number of thioether (sulfide) groups is 1. The monoisotopic (exact) mass is 561 g/mol. The molecule has 0 aliphatic carbocycles. The van der Waals surface area contributed by atoms with Crippen LogP contribution >= 0.6 is 56.0 Å². The molecule has 0 amide bonds. The predicted octanol–water partition coefficient (Wildman–Crippen LogP) is 5.28. The predicted molar refractivity (Wildman–Crippen MR) is 126 cm³/mol. The van der Waals surface area contributed by atoms with Crippen LogP contribution in [0.15, 0.2) is 56.6 Å². The van der Waals surface area contributed by atoms with Gasteiger partial charge in [0, 0.05) is 22.3 Å². The third-order valence-corrected chi connectivity index (χ3v) is 5.91. The maximum atomic E-state index is 5.77. The first-order valence-corrected chi connectivity index (χ1v) is 11.5. The number of para-hydroxylation sites is 1. The first kappa shape index (κ1) is 24.1. The highest BCUT2D eigenvalue weighted by molar-refractivity contribution is 9.11. The van der Waals surface area contributed by atoms with Gasteiger partial charge in [0.05, 0.1) is 16.8 Å². The van der Waals surface area contributed by atoms with Crippen molar-refractivity contribution in [3.05, 3.63) is 57.0 Å². The van der Waals surface area contributed by atoms with E-state index in [0.29, 0.717) is 6.61 Å². The normalized spacial score (nSPS) is 10.6. The lowest BCUT2D eigenvalue weighted by molar-refractivity contribution is 0.333. The summed E-state index contributed by atoms with van der Waals surface area (Å²) in [4.78, 5) is 0. The summed E-state index contributed by atoms with van der Waals surface area (Å²) in [6, 6.07) is 14.0. The fourth-order valence-corrected chi connectivity index (χ4v) is 4.89. The number of tetrazole rings is 1. The number of benzene rings is 2. The Morgan fingerprint density at radius 1 is 1.17 bits per heavy atom. The minimum absolute atomic E-state index is 0. The average Bonchev–Trinajstić information content (AvgIpc) is 3.16. The smallest absolute Gasteiger partial charge is 0.214 e. The minimum atomic E-state index is 0. The average molecular weight is 564 g/mol. The van der Waals surface area contributed by atoms with E-state index in [2.05, 4.69) is 58.8 Å². The lowest BCUT2D eigenvalue weighted by Gasteiger charge is -2.13. The van der Waals surface area contributed by atoms with E-state index in [4.69, 9.17) is 4.74 Å². The molecule has 0 unspecified atom stereocenters. The summed E-state index contributed by atoms with van der Waals surface area (Å²) in [5.74, 6) is 1.83. The highest BCUT2D eigenvalue weighted by Crippen LogP contribution is 2.33. The van der Waals surface area contributed by atoms with Crippen LogP contribution in [0.4, 0.5) is 0 Å². The van der Waals surface area contributed by atoms with Gasteiger partial charge in [-0.25, -0.2) is 0 Å². The van der Waals surface area contributed by atoms with Crippen molar-refractivity contribution in [2.75, 3.05) is 18.9 Å². The Morgan fingerprint density at radius 3 is 2.72 bits per heavy atom. The van der Waals surface area contributed by atoms with Crippen LogP contribution in [0, 0.1) is 0 Å². The molecule has 0 saturated heterocycles. The molecule has 0 radical (unpaired) electrons. The van der Waals surface area contributed by atoms with E-state index in [1.54, 1.807) is 16.4 Å².